The van der Waals surface area contributed by atoms with Gasteiger partial charge in [0.25, 0.3) is 0 Å². The predicted molar refractivity (Wildman–Crippen MR) is 51.3 cm³/mol. The molecule has 1 aliphatic heterocycles. The highest BCUT2D eigenvalue weighted by molar-refractivity contribution is 6.42. The largest absolute Gasteiger partial charge is 0.716 e. The summed E-state index contributed by atoms with van der Waals surface area (Å²) < 4.78 is 23.0. The molecule has 17 heavy (non-hydrogen) atoms. The van der Waals surface area contributed by atoms with E-state index in [1.807, 2.05) is 0 Å². The lowest BCUT2D eigenvalue weighted by molar-refractivity contribution is -0.165. The van der Waals surface area contributed by atoms with Crippen molar-refractivity contribution in [2.75, 3.05) is 14.2 Å². The molecule has 0 aromatic heterocycles. The second-order valence-electron chi connectivity index (χ2n) is 3.07. The van der Waals surface area contributed by atoms with E-state index in [0.717, 1.165) is 14.2 Å². The van der Waals surface area contributed by atoms with Crippen LogP contribution in [0.25, 0.3) is 0 Å². The maximum Gasteiger partial charge on any atom is 0.716 e. The van der Waals surface area contributed by atoms with Crippen LogP contribution in [0.4, 0.5) is 0 Å². The number of ether oxygens (including phenoxy) is 2. The van der Waals surface area contributed by atoms with E-state index in [2.05, 4.69) is 14.1 Å². The van der Waals surface area contributed by atoms with Gasteiger partial charge in [-0.05, 0) is 6.92 Å². The van der Waals surface area contributed by atoms with Crippen LogP contribution in [0.3, 0.4) is 0 Å². The average molecular weight is 246 g/mol. The molecule has 0 aromatic rings. The Bertz CT molecular complexity index is 313. The van der Waals surface area contributed by atoms with E-state index >= 15 is 0 Å². The Morgan fingerprint density at radius 2 is 1.82 bits per heavy atom. The topological polar surface area (TPSA) is 97.4 Å². The molecule has 1 rings (SSSR count). The minimum Gasteiger partial charge on any atom is -0.483 e. The Morgan fingerprint density at radius 3 is 2.18 bits per heavy atom. The van der Waals surface area contributed by atoms with Crippen molar-refractivity contribution < 1.29 is 37.8 Å². The lowest BCUT2D eigenvalue weighted by atomic mass is 10.2. The van der Waals surface area contributed by atoms with Crippen molar-refractivity contribution in [1.29, 1.82) is 0 Å². The third kappa shape index (κ3) is 3.17. The summed E-state index contributed by atoms with van der Waals surface area (Å²) in [6.45, 7) is 1.44. The van der Waals surface area contributed by atoms with Gasteiger partial charge in [0, 0.05) is 0 Å². The normalized spacial score (nSPS) is 19.2. The number of rotatable bonds is 4. The van der Waals surface area contributed by atoms with E-state index in [9.17, 15) is 14.4 Å². The Morgan fingerprint density at radius 1 is 1.29 bits per heavy atom. The lowest BCUT2D eigenvalue weighted by Gasteiger charge is -2.13. The molecule has 0 bridgehead atoms. The summed E-state index contributed by atoms with van der Waals surface area (Å²) in [4.78, 5) is 33.4. The molecule has 1 heterocycles. The molecule has 0 spiro atoms. The van der Waals surface area contributed by atoms with Crippen LogP contribution in [0, 0.1) is 0 Å². The molecule has 1 aliphatic rings. The molecule has 0 N–H and O–H groups in total. The molecule has 0 aliphatic carbocycles. The zero-order chi connectivity index (χ0) is 13.0. The molecule has 8 nitrogen and oxygen atoms in total. The first-order valence-electron chi connectivity index (χ1n) is 4.66. The van der Waals surface area contributed by atoms with Crippen LogP contribution in [0.1, 0.15) is 6.92 Å². The summed E-state index contributed by atoms with van der Waals surface area (Å²) in [6, 6.07) is 0. The first-order chi connectivity index (χ1) is 7.99. The fourth-order valence-corrected chi connectivity index (χ4v) is 1.03. The fraction of sp³-hybridized carbons (Fsp3) is 0.625. The van der Waals surface area contributed by atoms with E-state index in [4.69, 9.17) is 9.31 Å². The molecule has 0 radical (unpaired) electrons. The third-order valence-electron chi connectivity index (χ3n) is 1.94. The highest BCUT2D eigenvalue weighted by atomic mass is 16.8. The standard InChI is InChI=1S/C8H11BO8/c1-4-6(10)17-9(15-4)16-5(7(11)13-2)8(12)14-3/h4-5H,1-3H3. The minimum atomic E-state index is -1.66. The van der Waals surface area contributed by atoms with Gasteiger partial charge in [-0.1, -0.05) is 0 Å². The van der Waals surface area contributed by atoms with Gasteiger partial charge in [-0.2, -0.15) is 0 Å². The van der Waals surface area contributed by atoms with Crippen LogP contribution in [-0.2, 0) is 37.8 Å². The summed E-state index contributed by atoms with van der Waals surface area (Å²) in [5.74, 6) is -2.60. The summed E-state index contributed by atoms with van der Waals surface area (Å²) in [5, 5.41) is 0. The van der Waals surface area contributed by atoms with Gasteiger partial charge in [0.15, 0.2) is 0 Å². The molecule has 0 aromatic carbocycles. The van der Waals surface area contributed by atoms with Gasteiger partial charge < -0.3 is 23.4 Å². The molecule has 9 heteroatoms. The maximum atomic E-state index is 11.2. The maximum absolute atomic E-state index is 11.2. The Kier molecular flexibility index (Phi) is 4.47. The number of hydrogen-bond donors (Lipinski definition) is 0. The SMILES string of the molecule is COC(=O)C(OB1OC(=O)C(C)O1)C(=O)OC. The van der Waals surface area contributed by atoms with Crippen molar-refractivity contribution >= 4 is 25.2 Å². The molecule has 1 unspecified atom stereocenters. The molecular formula is C8H11BO8. The molecule has 0 saturated carbocycles. The van der Waals surface area contributed by atoms with Crippen molar-refractivity contribution in [2.24, 2.45) is 0 Å². The Balaban J connectivity index is 2.64. The van der Waals surface area contributed by atoms with E-state index < -0.39 is 37.4 Å². The van der Waals surface area contributed by atoms with Gasteiger partial charge in [-0.25, -0.2) is 9.59 Å². The fourth-order valence-electron chi connectivity index (χ4n) is 1.03. The average Bonchev–Trinajstić information content (AvgIpc) is 2.63. The van der Waals surface area contributed by atoms with Gasteiger partial charge in [0.05, 0.1) is 14.2 Å². The second kappa shape index (κ2) is 5.64. The van der Waals surface area contributed by atoms with E-state index in [0.29, 0.717) is 0 Å². The van der Waals surface area contributed by atoms with Crippen LogP contribution in [0.15, 0.2) is 0 Å². The van der Waals surface area contributed by atoms with Crippen molar-refractivity contribution in [3.63, 3.8) is 0 Å². The van der Waals surface area contributed by atoms with Crippen molar-refractivity contribution in [3.8, 4) is 0 Å². The van der Waals surface area contributed by atoms with Gasteiger partial charge in [-0.3, -0.25) is 4.79 Å². The molecule has 1 atom stereocenters. The Labute approximate surface area is 97.3 Å². The van der Waals surface area contributed by atoms with Crippen LogP contribution < -0.4 is 0 Å². The first-order valence-corrected chi connectivity index (χ1v) is 4.66. The van der Waals surface area contributed by atoms with Crippen molar-refractivity contribution in [3.05, 3.63) is 0 Å². The third-order valence-corrected chi connectivity index (χ3v) is 1.94. The van der Waals surface area contributed by atoms with E-state index in [1.54, 1.807) is 0 Å². The summed E-state index contributed by atoms with van der Waals surface area (Å²) in [7, 11) is 0.720. The Hall–Kier alpha value is -1.61. The predicted octanol–water partition coefficient (Wildman–Crippen LogP) is -1.34. The number of carbonyl (C=O) groups is 3. The van der Waals surface area contributed by atoms with Crippen LogP contribution >= 0.6 is 0 Å². The monoisotopic (exact) mass is 246 g/mol. The van der Waals surface area contributed by atoms with Gasteiger partial charge in [0.2, 0.25) is 6.10 Å². The second-order valence-corrected chi connectivity index (χ2v) is 3.07. The number of methoxy groups -OCH3 is 2. The molecule has 1 saturated heterocycles. The quantitative estimate of drug-likeness (QED) is 0.341. The van der Waals surface area contributed by atoms with E-state index in [1.165, 1.54) is 6.92 Å². The summed E-state index contributed by atoms with van der Waals surface area (Å²) in [6.07, 6.45) is -2.48. The van der Waals surface area contributed by atoms with E-state index in [-0.39, 0.29) is 0 Å². The molecule has 1 fully saturated rings. The summed E-state index contributed by atoms with van der Waals surface area (Å²) in [5.41, 5.74) is 0. The van der Waals surface area contributed by atoms with Crippen LogP contribution in [-0.4, -0.2) is 51.7 Å². The zero-order valence-corrected chi connectivity index (χ0v) is 9.50. The van der Waals surface area contributed by atoms with Gasteiger partial charge in [-0.15, -0.1) is 0 Å². The van der Waals surface area contributed by atoms with Gasteiger partial charge in [0.1, 0.15) is 6.10 Å². The highest BCUT2D eigenvalue weighted by Gasteiger charge is 2.45. The minimum absolute atomic E-state index is 0.650. The van der Waals surface area contributed by atoms with Crippen LogP contribution in [0.2, 0.25) is 0 Å². The number of hydrogen-bond acceptors (Lipinski definition) is 8. The number of esters is 2. The zero-order valence-electron chi connectivity index (χ0n) is 9.50. The molecular weight excluding hydrogens is 235 g/mol. The molecule has 0 amide bonds. The highest BCUT2D eigenvalue weighted by Crippen LogP contribution is 2.13. The van der Waals surface area contributed by atoms with Crippen LogP contribution in [0.5, 0.6) is 0 Å². The first kappa shape index (κ1) is 13.5. The van der Waals surface area contributed by atoms with Gasteiger partial charge >= 0.3 is 25.2 Å². The summed E-state index contributed by atoms with van der Waals surface area (Å²) >= 11 is 0. The molecule has 94 valence electrons. The smallest absolute Gasteiger partial charge is 0.483 e. The number of carbonyl (C=O) groups excluding carboxylic acids is 3. The van der Waals surface area contributed by atoms with Crippen molar-refractivity contribution in [1.82, 2.24) is 0 Å². The lowest BCUT2D eigenvalue weighted by Crippen LogP contribution is -2.40. The van der Waals surface area contributed by atoms with Crippen molar-refractivity contribution in [2.45, 2.75) is 19.1 Å².